The maximum absolute atomic E-state index is 13.4. The van der Waals surface area contributed by atoms with Gasteiger partial charge in [0, 0.05) is 41.8 Å². The Morgan fingerprint density at radius 3 is 2.42 bits per heavy atom. The van der Waals surface area contributed by atoms with Crippen LogP contribution in [0.4, 0.5) is 0 Å². The third kappa shape index (κ3) is 5.79. The summed E-state index contributed by atoms with van der Waals surface area (Å²) in [6, 6.07) is 28.2. The summed E-state index contributed by atoms with van der Waals surface area (Å²) in [6.45, 7) is 0.629. The Morgan fingerprint density at radius 1 is 0.895 bits per heavy atom. The first-order chi connectivity index (χ1) is 18.6. The lowest BCUT2D eigenvalue weighted by molar-refractivity contribution is -0.123. The second kappa shape index (κ2) is 11.5. The lowest BCUT2D eigenvalue weighted by Crippen LogP contribution is -2.47. The van der Waals surface area contributed by atoms with E-state index in [9.17, 15) is 9.59 Å². The van der Waals surface area contributed by atoms with Crippen LogP contribution in [0.25, 0.3) is 22.0 Å². The summed E-state index contributed by atoms with van der Waals surface area (Å²) < 4.78 is 0. The molecule has 0 fully saturated rings. The van der Waals surface area contributed by atoms with Crippen LogP contribution >= 0.6 is 0 Å². The van der Waals surface area contributed by atoms with Crippen molar-refractivity contribution >= 4 is 22.7 Å². The van der Waals surface area contributed by atoms with Gasteiger partial charge in [-0.1, -0.05) is 60.7 Å². The first-order valence-corrected chi connectivity index (χ1v) is 12.5. The van der Waals surface area contributed by atoms with Gasteiger partial charge in [-0.2, -0.15) is 0 Å². The van der Waals surface area contributed by atoms with Gasteiger partial charge in [-0.15, -0.1) is 0 Å². The lowest BCUT2D eigenvalue weighted by Gasteiger charge is -2.19. The number of nitrogens with zero attached hydrogens (tertiary/aromatic N) is 1. The largest absolute Gasteiger partial charge is 0.361 e. The Hall–Kier alpha value is -4.75. The lowest BCUT2D eigenvalue weighted by atomic mass is 10.0. The minimum atomic E-state index is -0.784. The molecule has 2 amide bonds. The molecule has 0 saturated heterocycles. The molecule has 5 aromatic rings. The zero-order valence-electron chi connectivity index (χ0n) is 20.9. The number of carbonyl (C=O) groups excluding carboxylic acids is 2. The van der Waals surface area contributed by atoms with E-state index in [1.54, 1.807) is 18.3 Å². The Labute approximate surface area is 221 Å². The Kier molecular flexibility index (Phi) is 7.57. The highest BCUT2D eigenvalue weighted by molar-refractivity contribution is 5.98. The van der Waals surface area contributed by atoms with Crippen molar-refractivity contribution in [1.82, 2.24) is 20.6 Å². The number of hydrogen-bond acceptors (Lipinski definition) is 4. The van der Waals surface area contributed by atoms with E-state index < -0.39 is 6.04 Å². The van der Waals surface area contributed by atoms with Crippen molar-refractivity contribution in [3.63, 3.8) is 0 Å². The molecule has 2 aromatic heterocycles. The minimum Gasteiger partial charge on any atom is -0.361 e. The van der Waals surface area contributed by atoms with E-state index in [4.69, 9.17) is 5.73 Å². The summed E-state index contributed by atoms with van der Waals surface area (Å²) in [6.07, 6.45) is 3.89. The van der Waals surface area contributed by atoms with Gasteiger partial charge in [0.1, 0.15) is 6.04 Å². The van der Waals surface area contributed by atoms with Crippen LogP contribution < -0.4 is 16.4 Å². The predicted octanol–water partition coefficient (Wildman–Crippen LogP) is 4.35. The highest BCUT2D eigenvalue weighted by atomic mass is 16.2. The number of amides is 2. The highest BCUT2D eigenvalue weighted by Crippen LogP contribution is 2.21. The van der Waals surface area contributed by atoms with Crippen LogP contribution in [0.3, 0.4) is 0 Å². The monoisotopic (exact) mass is 503 g/mol. The summed E-state index contributed by atoms with van der Waals surface area (Å²) in [4.78, 5) is 34.1. The van der Waals surface area contributed by atoms with Crippen molar-refractivity contribution in [2.24, 2.45) is 5.73 Å². The van der Waals surface area contributed by atoms with Crippen molar-refractivity contribution in [2.75, 3.05) is 0 Å². The van der Waals surface area contributed by atoms with Gasteiger partial charge >= 0.3 is 0 Å². The second-order valence-electron chi connectivity index (χ2n) is 9.11. The molecule has 38 heavy (non-hydrogen) atoms. The third-order valence-corrected chi connectivity index (χ3v) is 6.54. The Morgan fingerprint density at radius 2 is 1.63 bits per heavy atom. The van der Waals surface area contributed by atoms with Crippen LogP contribution in [0.5, 0.6) is 0 Å². The van der Waals surface area contributed by atoms with Crippen LogP contribution in [0.1, 0.15) is 27.2 Å². The SMILES string of the molecule is NCc1ccnc(CNC(=O)C(Cc2c[nH]c3ccccc23)NC(=O)c2ccc(-c3ccccc3)cc2)c1. The number of benzene rings is 3. The second-order valence-corrected chi connectivity index (χ2v) is 9.11. The maximum atomic E-state index is 13.4. The number of H-pyrrole nitrogens is 1. The fraction of sp³-hybridized carbons (Fsp3) is 0.129. The molecule has 5 rings (SSSR count). The topological polar surface area (TPSA) is 113 Å². The van der Waals surface area contributed by atoms with E-state index in [1.807, 2.05) is 85.1 Å². The van der Waals surface area contributed by atoms with E-state index in [0.29, 0.717) is 24.2 Å². The van der Waals surface area contributed by atoms with Gasteiger partial charge in [0.2, 0.25) is 5.91 Å². The molecule has 0 saturated carbocycles. The van der Waals surface area contributed by atoms with Crippen LogP contribution in [-0.2, 0) is 24.3 Å². The number of carbonyl (C=O) groups is 2. The number of nitrogens with one attached hydrogen (secondary N) is 3. The van der Waals surface area contributed by atoms with Crippen molar-refractivity contribution in [2.45, 2.75) is 25.6 Å². The number of aromatic nitrogens is 2. The standard InChI is InChI=1S/C31H29N5O2/c32-18-21-14-15-33-26(16-21)20-35-31(38)29(17-25-19-34-28-9-5-4-8-27(25)28)36-30(37)24-12-10-23(11-13-24)22-6-2-1-3-7-22/h1-16,19,29,34H,17-18,20,32H2,(H,35,38)(H,36,37). The van der Waals surface area contributed by atoms with Crippen molar-refractivity contribution < 1.29 is 9.59 Å². The molecule has 0 aliphatic carbocycles. The average molecular weight is 504 g/mol. The first-order valence-electron chi connectivity index (χ1n) is 12.5. The number of para-hydroxylation sites is 1. The molecule has 1 atom stereocenters. The average Bonchev–Trinajstić information content (AvgIpc) is 3.39. The number of pyridine rings is 1. The van der Waals surface area contributed by atoms with Gasteiger partial charge < -0.3 is 21.4 Å². The van der Waals surface area contributed by atoms with Crippen LogP contribution in [0.15, 0.2) is 103 Å². The third-order valence-electron chi connectivity index (χ3n) is 6.54. The van der Waals surface area contributed by atoms with Gasteiger partial charge in [-0.05, 0) is 52.6 Å². The van der Waals surface area contributed by atoms with Gasteiger partial charge in [0.15, 0.2) is 0 Å². The van der Waals surface area contributed by atoms with Crippen molar-refractivity contribution in [3.8, 4) is 11.1 Å². The quantitative estimate of drug-likeness (QED) is 0.240. The molecule has 2 heterocycles. The van der Waals surface area contributed by atoms with Gasteiger partial charge in [0.05, 0.1) is 12.2 Å². The summed E-state index contributed by atoms with van der Waals surface area (Å²) in [5.74, 6) is -0.600. The molecule has 0 spiro atoms. The fourth-order valence-electron chi connectivity index (χ4n) is 4.47. The number of fused-ring (bicyclic) bond motifs is 1. The van der Waals surface area contributed by atoms with E-state index in [0.717, 1.165) is 33.2 Å². The molecule has 0 radical (unpaired) electrons. The zero-order chi connectivity index (χ0) is 26.3. The van der Waals surface area contributed by atoms with Gasteiger partial charge in [-0.3, -0.25) is 14.6 Å². The smallest absolute Gasteiger partial charge is 0.251 e. The molecule has 0 aliphatic heterocycles. The number of rotatable bonds is 9. The predicted molar refractivity (Wildman–Crippen MR) is 149 cm³/mol. The molecule has 7 heteroatoms. The van der Waals surface area contributed by atoms with E-state index >= 15 is 0 Å². The number of aromatic amines is 1. The molecule has 190 valence electrons. The van der Waals surface area contributed by atoms with E-state index in [2.05, 4.69) is 20.6 Å². The number of nitrogens with two attached hydrogens (primary N) is 1. The zero-order valence-corrected chi connectivity index (χ0v) is 20.9. The molecular formula is C31H29N5O2. The normalized spacial score (nSPS) is 11.7. The van der Waals surface area contributed by atoms with E-state index in [1.165, 1.54) is 0 Å². The van der Waals surface area contributed by atoms with Crippen LogP contribution in [0, 0.1) is 0 Å². The first kappa shape index (κ1) is 24.9. The molecule has 0 bridgehead atoms. The molecule has 1 unspecified atom stereocenters. The Balaban J connectivity index is 1.34. The Bertz CT molecular complexity index is 1540. The van der Waals surface area contributed by atoms with E-state index in [-0.39, 0.29) is 18.4 Å². The fourth-order valence-corrected chi connectivity index (χ4v) is 4.47. The minimum absolute atomic E-state index is 0.235. The summed E-state index contributed by atoms with van der Waals surface area (Å²) >= 11 is 0. The molecule has 5 N–H and O–H groups in total. The van der Waals surface area contributed by atoms with Crippen LogP contribution in [-0.4, -0.2) is 27.8 Å². The highest BCUT2D eigenvalue weighted by Gasteiger charge is 2.23. The summed E-state index contributed by atoms with van der Waals surface area (Å²) in [7, 11) is 0. The maximum Gasteiger partial charge on any atom is 0.251 e. The molecule has 7 nitrogen and oxygen atoms in total. The molecule has 3 aromatic carbocycles. The van der Waals surface area contributed by atoms with Gasteiger partial charge in [0.25, 0.3) is 5.91 Å². The van der Waals surface area contributed by atoms with Crippen LogP contribution in [0.2, 0.25) is 0 Å². The van der Waals surface area contributed by atoms with Crippen molar-refractivity contribution in [3.05, 3.63) is 126 Å². The van der Waals surface area contributed by atoms with Crippen molar-refractivity contribution in [1.29, 1.82) is 0 Å². The molecular weight excluding hydrogens is 474 g/mol. The van der Waals surface area contributed by atoms with Gasteiger partial charge in [-0.25, -0.2) is 0 Å². The number of hydrogen-bond donors (Lipinski definition) is 4. The summed E-state index contributed by atoms with van der Waals surface area (Å²) in [5.41, 5.74) is 11.9. The molecule has 0 aliphatic rings. The summed E-state index contributed by atoms with van der Waals surface area (Å²) in [5, 5.41) is 6.90.